The van der Waals surface area contributed by atoms with E-state index in [1.807, 2.05) is 67.6 Å². The summed E-state index contributed by atoms with van der Waals surface area (Å²) in [4.78, 5) is 12.1. The van der Waals surface area contributed by atoms with Gasteiger partial charge in [-0.15, -0.1) is 0 Å². The average Bonchev–Trinajstić information content (AvgIpc) is 2.60. The normalized spacial score (nSPS) is 12.8. The van der Waals surface area contributed by atoms with Crippen molar-refractivity contribution < 1.29 is 13.2 Å². The zero-order chi connectivity index (χ0) is 18.3. The van der Waals surface area contributed by atoms with Crippen LogP contribution in [0, 0.1) is 0 Å². The minimum absolute atomic E-state index is 0.122. The third kappa shape index (κ3) is 5.99. The first-order valence-corrected chi connectivity index (χ1v) is 10.0. The summed E-state index contributed by atoms with van der Waals surface area (Å²) in [5.41, 5.74) is 1.91. The number of carbonyl (C=O) groups excluding carboxylic acids is 1. The van der Waals surface area contributed by atoms with Gasteiger partial charge >= 0.3 is 0 Å². The third-order valence-electron chi connectivity index (χ3n) is 4.03. The molecular formula is C19H24N2O3S. The van der Waals surface area contributed by atoms with Gasteiger partial charge in [-0.2, -0.15) is 4.31 Å². The number of sulfonamides is 1. The first kappa shape index (κ1) is 19.1. The Balaban J connectivity index is 1.95. The van der Waals surface area contributed by atoms with Crippen LogP contribution in [-0.4, -0.2) is 31.4 Å². The topological polar surface area (TPSA) is 66.5 Å². The predicted octanol–water partition coefficient (Wildman–Crippen LogP) is 2.72. The number of hydrogen-bond acceptors (Lipinski definition) is 3. The van der Waals surface area contributed by atoms with Crippen LogP contribution >= 0.6 is 0 Å². The summed E-state index contributed by atoms with van der Waals surface area (Å²) in [6, 6.07) is 18.7. The lowest BCUT2D eigenvalue weighted by molar-refractivity contribution is -0.121. The third-order valence-corrected chi connectivity index (χ3v) is 5.38. The molecule has 0 aliphatic rings. The molecule has 0 radical (unpaired) electrons. The fourth-order valence-corrected chi connectivity index (χ4v) is 3.76. The summed E-state index contributed by atoms with van der Waals surface area (Å²) in [5.74, 6) is -0.169. The Labute approximate surface area is 149 Å². The molecule has 1 unspecified atom stereocenters. The number of rotatable bonds is 8. The second kappa shape index (κ2) is 8.78. The molecule has 6 heteroatoms. The van der Waals surface area contributed by atoms with Gasteiger partial charge in [-0.05, 0) is 18.1 Å². The van der Waals surface area contributed by atoms with Gasteiger partial charge in [0.1, 0.15) is 0 Å². The molecule has 134 valence electrons. The molecule has 1 amide bonds. The summed E-state index contributed by atoms with van der Waals surface area (Å²) in [6.07, 6.45) is 1.30. The maximum atomic E-state index is 12.1. The molecule has 0 heterocycles. The lowest BCUT2D eigenvalue weighted by Gasteiger charge is -2.27. The van der Waals surface area contributed by atoms with Gasteiger partial charge < -0.3 is 5.32 Å². The Morgan fingerprint density at radius 3 is 2.16 bits per heavy atom. The number of nitrogens with one attached hydrogen (secondary N) is 1. The van der Waals surface area contributed by atoms with Crippen molar-refractivity contribution in [2.24, 2.45) is 0 Å². The SMILES string of the molecule is CC(c1ccccc1)N(CCC(=O)NCc1ccccc1)S(C)(=O)=O. The molecule has 0 aliphatic carbocycles. The van der Waals surface area contributed by atoms with Gasteiger partial charge in [-0.1, -0.05) is 60.7 Å². The summed E-state index contributed by atoms with van der Waals surface area (Å²) >= 11 is 0. The average molecular weight is 360 g/mol. The van der Waals surface area contributed by atoms with Crippen LogP contribution in [0.2, 0.25) is 0 Å². The Morgan fingerprint density at radius 2 is 1.60 bits per heavy atom. The van der Waals surface area contributed by atoms with Crippen LogP contribution in [0.4, 0.5) is 0 Å². The van der Waals surface area contributed by atoms with E-state index in [9.17, 15) is 13.2 Å². The van der Waals surface area contributed by atoms with Gasteiger partial charge in [0.2, 0.25) is 15.9 Å². The van der Waals surface area contributed by atoms with Crippen LogP contribution in [0.25, 0.3) is 0 Å². The second-order valence-corrected chi connectivity index (χ2v) is 7.91. The molecule has 25 heavy (non-hydrogen) atoms. The molecule has 0 saturated carbocycles. The highest BCUT2D eigenvalue weighted by molar-refractivity contribution is 7.88. The van der Waals surface area contributed by atoms with Gasteiger partial charge in [0.05, 0.1) is 6.26 Å². The standard InChI is InChI=1S/C19H24N2O3S/c1-16(18-11-7-4-8-12-18)21(25(2,23)24)14-13-19(22)20-15-17-9-5-3-6-10-17/h3-12,16H,13-15H2,1-2H3,(H,20,22). The van der Waals surface area contributed by atoms with Crippen LogP contribution in [-0.2, 0) is 21.4 Å². The van der Waals surface area contributed by atoms with Crippen LogP contribution in [0.3, 0.4) is 0 Å². The molecule has 0 fully saturated rings. The van der Waals surface area contributed by atoms with E-state index < -0.39 is 10.0 Å². The molecule has 2 aromatic carbocycles. The van der Waals surface area contributed by atoms with Gasteiger partial charge in [0, 0.05) is 25.6 Å². The van der Waals surface area contributed by atoms with Gasteiger partial charge in [0.15, 0.2) is 0 Å². The van der Waals surface area contributed by atoms with Crippen molar-refractivity contribution in [3.8, 4) is 0 Å². The van der Waals surface area contributed by atoms with E-state index in [1.165, 1.54) is 10.6 Å². The van der Waals surface area contributed by atoms with Crippen molar-refractivity contribution in [1.29, 1.82) is 0 Å². The summed E-state index contributed by atoms with van der Waals surface area (Å²) in [5, 5.41) is 2.82. The largest absolute Gasteiger partial charge is 0.352 e. The molecule has 0 saturated heterocycles. The quantitative estimate of drug-likeness (QED) is 0.787. The Hall–Kier alpha value is -2.18. The molecule has 0 bridgehead atoms. The minimum atomic E-state index is -3.42. The molecule has 1 N–H and O–H groups in total. The van der Waals surface area contributed by atoms with Gasteiger partial charge in [-0.3, -0.25) is 4.79 Å². The fourth-order valence-electron chi connectivity index (χ4n) is 2.64. The first-order chi connectivity index (χ1) is 11.9. The van der Waals surface area contributed by atoms with E-state index in [0.29, 0.717) is 6.54 Å². The highest BCUT2D eigenvalue weighted by Crippen LogP contribution is 2.22. The number of amides is 1. The lowest BCUT2D eigenvalue weighted by Crippen LogP contribution is -2.36. The zero-order valence-electron chi connectivity index (χ0n) is 14.6. The van der Waals surface area contributed by atoms with Gasteiger partial charge in [-0.25, -0.2) is 8.42 Å². The van der Waals surface area contributed by atoms with Crippen molar-refractivity contribution in [2.45, 2.75) is 25.9 Å². The Morgan fingerprint density at radius 1 is 1.04 bits per heavy atom. The molecule has 2 rings (SSSR count). The van der Waals surface area contributed by atoms with Crippen molar-refractivity contribution in [2.75, 3.05) is 12.8 Å². The second-order valence-electron chi connectivity index (χ2n) is 5.97. The van der Waals surface area contributed by atoms with Crippen molar-refractivity contribution in [1.82, 2.24) is 9.62 Å². The number of carbonyl (C=O) groups is 1. The lowest BCUT2D eigenvalue weighted by atomic mass is 10.1. The van der Waals surface area contributed by atoms with Crippen molar-refractivity contribution in [3.05, 3.63) is 71.8 Å². The van der Waals surface area contributed by atoms with Gasteiger partial charge in [0.25, 0.3) is 0 Å². The highest BCUT2D eigenvalue weighted by atomic mass is 32.2. The van der Waals surface area contributed by atoms with E-state index in [0.717, 1.165) is 11.1 Å². The van der Waals surface area contributed by atoms with Crippen LogP contribution < -0.4 is 5.32 Å². The number of nitrogens with zero attached hydrogens (tertiary/aromatic N) is 1. The Kier molecular flexibility index (Phi) is 6.73. The molecule has 0 aliphatic heterocycles. The van der Waals surface area contributed by atoms with Crippen LogP contribution in [0.15, 0.2) is 60.7 Å². The van der Waals surface area contributed by atoms with Crippen LogP contribution in [0.1, 0.15) is 30.5 Å². The van der Waals surface area contributed by atoms with E-state index in [2.05, 4.69) is 5.32 Å². The zero-order valence-corrected chi connectivity index (χ0v) is 15.4. The minimum Gasteiger partial charge on any atom is -0.352 e. The molecular weight excluding hydrogens is 336 g/mol. The first-order valence-electron chi connectivity index (χ1n) is 8.20. The predicted molar refractivity (Wildman–Crippen MR) is 99.3 cm³/mol. The maximum absolute atomic E-state index is 12.1. The van der Waals surface area contributed by atoms with E-state index in [-0.39, 0.29) is 24.9 Å². The molecule has 2 aromatic rings. The smallest absolute Gasteiger partial charge is 0.221 e. The maximum Gasteiger partial charge on any atom is 0.221 e. The fraction of sp³-hybridized carbons (Fsp3) is 0.316. The van der Waals surface area contributed by atoms with E-state index in [4.69, 9.17) is 0 Å². The highest BCUT2D eigenvalue weighted by Gasteiger charge is 2.24. The van der Waals surface area contributed by atoms with E-state index in [1.54, 1.807) is 0 Å². The summed E-state index contributed by atoms with van der Waals surface area (Å²) in [7, 11) is -3.42. The van der Waals surface area contributed by atoms with Crippen molar-refractivity contribution >= 4 is 15.9 Å². The summed E-state index contributed by atoms with van der Waals surface area (Å²) in [6.45, 7) is 2.42. The molecule has 0 spiro atoms. The number of hydrogen-bond donors (Lipinski definition) is 1. The van der Waals surface area contributed by atoms with E-state index >= 15 is 0 Å². The Bertz CT molecular complexity index is 777. The van der Waals surface area contributed by atoms with Crippen LogP contribution in [0.5, 0.6) is 0 Å². The molecule has 1 atom stereocenters. The molecule has 0 aromatic heterocycles. The molecule has 5 nitrogen and oxygen atoms in total. The van der Waals surface area contributed by atoms with Crippen molar-refractivity contribution in [3.63, 3.8) is 0 Å². The monoisotopic (exact) mass is 360 g/mol. The number of benzene rings is 2. The summed E-state index contributed by atoms with van der Waals surface area (Å²) < 4.78 is 25.6.